The van der Waals surface area contributed by atoms with E-state index < -0.39 is 10.5 Å². The lowest BCUT2D eigenvalue weighted by molar-refractivity contribution is -0.385. The van der Waals surface area contributed by atoms with Crippen molar-refractivity contribution in [2.24, 2.45) is 0 Å². The number of nitro groups is 1. The smallest absolute Gasteiger partial charge is 0.282 e. The quantitative estimate of drug-likeness (QED) is 0.670. The largest absolute Gasteiger partial charge is 0.331 e. The maximum atomic E-state index is 12.6. The highest BCUT2D eigenvalue weighted by molar-refractivity contribution is 6.31. The van der Waals surface area contributed by atoms with Crippen molar-refractivity contribution in [3.8, 4) is 0 Å². The van der Waals surface area contributed by atoms with Crippen LogP contribution in [0.25, 0.3) is 0 Å². The van der Waals surface area contributed by atoms with Crippen molar-refractivity contribution in [3.05, 3.63) is 38.9 Å². The van der Waals surface area contributed by atoms with Gasteiger partial charge in [-0.15, -0.1) is 0 Å². The average molecular weight is 298 g/mol. The molecule has 1 aliphatic rings. The number of hydrogen-bond acceptors (Lipinski definition) is 4. The molecule has 6 nitrogen and oxygen atoms in total. The number of hydrogen-bond donors (Lipinski definition) is 1. The number of piperazine rings is 1. The third kappa shape index (κ3) is 2.76. The normalized spacial score (nSPS) is 17.9. The van der Waals surface area contributed by atoms with Crippen LogP contribution in [0.3, 0.4) is 0 Å². The summed E-state index contributed by atoms with van der Waals surface area (Å²) in [6, 6.07) is 4.05. The highest BCUT2D eigenvalue weighted by atomic mass is 35.5. The summed E-state index contributed by atoms with van der Waals surface area (Å²) in [7, 11) is 0. The average Bonchev–Trinajstić information content (AvgIpc) is 2.37. The molecule has 0 aromatic heterocycles. The molecule has 7 heteroatoms. The van der Waals surface area contributed by atoms with Crippen LogP contribution in [0.2, 0.25) is 5.02 Å². The molecule has 2 rings (SSSR count). The number of carbonyl (C=O) groups is 1. The Morgan fingerprint density at radius 2 is 2.20 bits per heavy atom. The summed E-state index contributed by atoms with van der Waals surface area (Å²) in [5.41, 5.74) is -0.572. The molecule has 1 fully saturated rings. The van der Waals surface area contributed by atoms with Crippen molar-refractivity contribution in [2.75, 3.05) is 19.6 Å². The summed E-state index contributed by atoms with van der Waals surface area (Å²) < 4.78 is 0. The molecule has 1 heterocycles. The van der Waals surface area contributed by atoms with Gasteiger partial charge in [0, 0.05) is 30.7 Å². The third-order valence-electron chi connectivity index (χ3n) is 3.43. The van der Waals surface area contributed by atoms with Gasteiger partial charge < -0.3 is 10.2 Å². The zero-order valence-corrected chi connectivity index (χ0v) is 12.1. The molecule has 0 unspecified atom stereocenters. The Kier molecular flexibility index (Phi) is 3.96. The van der Waals surface area contributed by atoms with Gasteiger partial charge in [0.1, 0.15) is 5.56 Å². The fourth-order valence-electron chi connectivity index (χ4n) is 2.34. The van der Waals surface area contributed by atoms with Gasteiger partial charge in [-0.1, -0.05) is 11.6 Å². The van der Waals surface area contributed by atoms with Gasteiger partial charge in [-0.2, -0.15) is 0 Å². The van der Waals surface area contributed by atoms with Crippen LogP contribution in [-0.2, 0) is 0 Å². The lowest BCUT2D eigenvalue weighted by atomic mass is 9.98. The van der Waals surface area contributed by atoms with Gasteiger partial charge in [0.25, 0.3) is 11.6 Å². The monoisotopic (exact) mass is 297 g/mol. The maximum Gasteiger partial charge on any atom is 0.282 e. The maximum absolute atomic E-state index is 12.6. The summed E-state index contributed by atoms with van der Waals surface area (Å²) >= 11 is 5.87. The molecule has 0 radical (unpaired) electrons. The van der Waals surface area contributed by atoms with E-state index in [2.05, 4.69) is 5.32 Å². The van der Waals surface area contributed by atoms with Gasteiger partial charge in [-0.05, 0) is 26.0 Å². The minimum Gasteiger partial charge on any atom is -0.331 e. The molecule has 1 saturated heterocycles. The molecule has 108 valence electrons. The first kappa shape index (κ1) is 14.7. The first-order valence-corrected chi connectivity index (χ1v) is 6.67. The SMILES string of the molecule is CC1(C)CNCCN1C(=O)c1cc(Cl)ccc1[N+](=O)[O-]. The molecule has 0 saturated carbocycles. The molecule has 0 aliphatic carbocycles. The van der Waals surface area contributed by atoms with E-state index in [1.807, 2.05) is 13.8 Å². The number of halogens is 1. The van der Waals surface area contributed by atoms with Crippen LogP contribution in [0.5, 0.6) is 0 Å². The molecule has 20 heavy (non-hydrogen) atoms. The zero-order valence-electron chi connectivity index (χ0n) is 11.4. The fraction of sp³-hybridized carbons (Fsp3) is 0.462. The minimum absolute atomic E-state index is 0.0393. The Morgan fingerprint density at radius 3 is 2.80 bits per heavy atom. The van der Waals surface area contributed by atoms with Crippen LogP contribution in [0.4, 0.5) is 5.69 Å². The third-order valence-corrected chi connectivity index (χ3v) is 3.67. The number of nitrogens with one attached hydrogen (secondary N) is 1. The molecule has 1 amide bonds. The van der Waals surface area contributed by atoms with E-state index in [4.69, 9.17) is 11.6 Å². The van der Waals surface area contributed by atoms with E-state index in [1.54, 1.807) is 4.90 Å². The van der Waals surface area contributed by atoms with Crippen molar-refractivity contribution >= 4 is 23.2 Å². The van der Waals surface area contributed by atoms with Gasteiger partial charge in [-0.25, -0.2) is 0 Å². The van der Waals surface area contributed by atoms with Crippen LogP contribution in [0.15, 0.2) is 18.2 Å². The second kappa shape index (κ2) is 5.38. The highest BCUT2D eigenvalue weighted by Crippen LogP contribution is 2.27. The van der Waals surface area contributed by atoms with Crippen LogP contribution >= 0.6 is 11.6 Å². The molecule has 0 spiro atoms. The van der Waals surface area contributed by atoms with Crippen molar-refractivity contribution in [2.45, 2.75) is 19.4 Å². The molecule has 1 aromatic rings. The Hall–Kier alpha value is -1.66. The van der Waals surface area contributed by atoms with Crippen LogP contribution < -0.4 is 5.32 Å². The molecule has 1 aliphatic heterocycles. The number of nitrogens with zero attached hydrogens (tertiary/aromatic N) is 2. The number of nitro benzene ring substituents is 1. The molecule has 0 bridgehead atoms. The summed E-state index contributed by atoms with van der Waals surface area (Å²) in [4.78, 5) is 24.8. The van der Waals surface area contributed by atoms with Crippen LogP contribution in [0.1, 0.15) is 24.2 Å². The van der Waals surface area contributed by atoms with Crippen LogP contribution in [-0.4, -0.2) is 40.9 Å². The minimum atomic E-state index is -0.557. The van der Waals surface area contributed by atoms with E-state index in [-0.39, 0.29) is 17.2 Å². The second-order valence-electron chi connectivity index (χ2n) is 5.36. The predicted molar refractivity (Wildman–Crippen MR) is 76.1 cm³/mol. The highest BCUT2D eigenvalue weighted by Gasteiger charge is 2.36. The lowest BCUT2D eigenvalue weighted by Gasteiger charge is -2.42. The van der Waals surface area contributed by atoms with E-state index in [0.29, 0.717) is 24.7 Å². The Labute approximate surface area is 121 Å². The lowest BCUT2D eigenvalue weighted by Crippen LogP contribution is -2.59. The van der Waals surface area contributed by atoms with Crippen molar-refractivity contribution in [1.82, 2.24) is 10.2 Å². The van der Waals surface area contributed by atoms with Gasteiger partial charge in [-0.3, -0.25) is 14.9 Å². The Bertz CT molecular complexity index is 560. The summed E-state index contributed by atoms with van der Waals surface area (Å²) in [6.07, 6.45) is 0. The van der Waals surface area contributed by atoms with Gasteiger partial charge in [0.15, 0.2) is 0 Å². The van der Waals surface area contributed by atoms with Crippen LogP contribution in [0, 0.1) is 10.1 Å². The molecular weight excluding hydrogens is 282 g/mol. The number of benzene rings is 1. The molecule has 1 aromatic carbocycles. The summed E-state index contributed by atoms with van der Waals surface area (Å²) in [6.45, 7) is 5.67. The zero-order chi connectivity index (χ0) is 14.9. The second-order valence-corrected chi connectivity index (χ2v) is 5.80. The van der Waals surface area contributed by atoms with E-state index in [0.717, 1.165) is 0 Å². The topological polar surface area (TPSA) is 75.5 Å². The molecule has 1 N–H and O–H groups in total. The molecular formula is C13H16ClN3O3. The first-order valence-electron chi connectivity index (χ1n) is 6.29. The van der Waals surface area contributed by atoms with E-state index in [9.17, 15) is 14.9 Å². The summed E-state index contributed by atoms with van der Waals surface area (Å²) in [5.74, 6) is -0.356. The predicted octanol–water partition coefficient (Wildman–Crippen LogP) is 2.07. The number of carbonyl (C=O) groups excluding carboxylic acids is 1. The number of amides is 1. The molecule has 0 atom stereocenters. The van der Waals surface area contributed by atoms with Crippen molar-refractivity contribution in [1.29, 1.82) is 0 Å². The Morgan fingerprint density at radius 1 is 1.50 bits per heavy atom. The standard InChI is InChI=1S/C13H16ClN3O3/c1-13(2)8-15-5-6-16(13)12(18)10-7-9(14)3-4-11(10)17(19)20/h3-4,7,15H,5-6,8H2,1-2H3. The van der Waals surface area contributed by atoms with Crippen molar-refractivity contribution < 1.29 is 9.72 Å². The first-order chi connectivity index (χ1) is 9.33. The van der Waals surface area contributed by atoms with Gasteiger partial charge in [0.2, 0.25) is 0 Å². The number of rotatable bonds is 2. The van der Waals surface area contributed by atoms with E-state index in [1.165, 1.54) is 18.2 Å². The van der Waals surface area contributed by atoms with Gasteiger partial charge >= 0.3 is 0 Å². The fourth-order valence-corrected chi connectivity index (χ4v) is 2.52. The van der Waals surface area contributed by atoms with E-state index >= 15 is 0 Å². The Balaban J connectivity index is 2.42. The van der Waals surface area contributed by atoms with Gasteiger partial charge in [0.05, 0.1) is 10.5 Å². The summed E-state index contributed by atoms with van der Waals surface area (Å²) in [5, 5.41) is 14.6. The van der Waals surface area contributed by atoms with Crippen molar-refractivity contribution in [3.63, 3.8) is 0 Å².